The molecule has 1 amide bonds. The van der Waals surface area contributed by atoms with Crippen LogP contribution in [0.5, 0.6) is 5.75 Å². The number of benzene rings is 2. The second-order valence-corrected chi connectivity index (χ2v) is 7.81. The van der Waals surface area contributed by atoms with Crippen molar-refractivity contribution >= 4 is 44.5 Å². The van der Waals surface area contributed by atoms with Crippen LogP contribution in [0.4, 0.5) is 5.69 Å². The quantitative estimate of drug-likeness (QED) is 0.778. The molecule has 2 aliphatic heterocycles. The van der Waals surface area contributed by atoms with E-state index >= 15 is 0 Å². The maximum absolute atomic E-state index is 12.9. The Morgan fingerprint density at radius 2 is 2.04 bits per heavy atom. The lowest BCUT2D eigenvalue weighted by atomic mass is 10.2. The number of amides is 1. The van der Waals surface area contributed by atoms with Crippen LogP contribution in [0.25, 0.3) is 0 Å². The van der Waals surface area contributed by atoms with E-state index < -0.39 is 6.17 Å². The SMILES string of the molecule is COc1cccc(CSC2=NNC3C(=O)N(c4ccc(Br)cc4)C=CN23)c1. The predicted octanol–water partition coefficient (Wildman–Crippen LogP) is 3.71. The van der Waals surface area contributed by atoms with Gasteiger partial charge >= 0.3 is 0 Å². The van der Waals surface area contributed by atoms with E-state index in [1.807, 2.05) is 59.6 Å². The molecule has 1 atom stereocenters. The average Bonchev–Trinajstić information content (AvgIpc) is 3.12. The summed E-state index contributed by atoms with van der Waals surface area (Å²) < 4.78 is 6.23. The molecule has 138 valence electrons. The Labute approximate surface area is 170 Å². The van der Waals surface area contributed by atoms with Crippen molar-refractivity contribution in [2.45, 2.75) is 11.9 Å². The van der Waals surface area contributed by atoms with Crippen LogP contribution in [0.15, 0.2) is 70.5 Å². The first-order chi connectivity index (χ1) is 13.2. The number of nitrogens with one attached hydrogen (secondary N) is 1. The summed E-state index contributed by atoms with van der Waals surface area (Å²) >= 11 is 4.98. The number of nitrogens with zero attached hydrogens (tertiary/aromatic N) is 3. The van der Waals surface area contributed by atoms with Crippen molar-refractivity contribution in [2.75, 3.05) is 12.0 Å². The maximum atomic E-state index is 12.9. The number of hydrogen-bond acceptors (Lipinski definition) is 6. The molecule has 0 saturated heterocycles. The summed E-state index contributed by atoms with van der Waals surface area (Å²) in [6.07, 6.45) is 3.13. The molecule has 0 aromatic heterocycles. The summed E-state index contributed by atoms with van der Waals surface area (Å²) in [6.45, 7) is 0. The summed E-state index contributed by atoms with van der Waals surface area (Å²) in [5, 5.41) is 5.12. The van der Waals surface area contributed by atoms with E-state index in [0.717, 1.165) is 32.4 Å². The normalized spacial score (nSPS) is 18.2. The lowest BCUT2D eigenvalue weighted by Gasteiger charge is -2.31. The highest BCUT2D eigenvalue weighted by Crippen LogP contribution is 2.28. The predicted molar refractivity (Wildman–Crippen MR) is 111 cm³/mol. The fourth-order valence-electron chi connectivity index (χ4n) is 2.85. The van der Waals surface area contributed by atoms with Crippen LogP contribution in [0.2, 0.25) is 0 Å². The van der Waals surface area contributed by atoms with Crippen LogP contribution in [-0.4, -0.2) is 29.3 Å². The molecule has 2 aromatic rings. The molecule has 1 unspecified atom stereocenters. The summed E-state index contributed by atoms with van der Waals surface area (Å²) in [7, 11) is 1.66. The number of hydrazone groups is 1. The van der Waals surface area contributed by atoms with Crippen molar-refractivity contribution in [3.05, 3.63) is 71.0 Å². The van der Waals surface area contributed by atoms with Crippen molar-refractivity contribution in [3.63, 3.8) is 0 Å². The Balaban J connectivity index is 1.45. The molecule has 1 N–H and O–H groups in total. The second kappa shape index (κ2) is 7.66. The van der Waals surface area contributed by atoms with Crippen molar-refractivity contribution in [3.8, 4) is 5.75 Å². The summed E-state index contributed by atoms with van der Waals surface area (Å²) in [4.78, 5) is 16.3. The first kappa shape index (κ1) is 17.9. The Morgan fingerprint density at radius 1 is 1.22 bits per heavy atom. The third-order valence-corrected chi connectivity index (χ3v) is 5.80. The lowest BCUT2D eigenvalue weighted by Crippen LogP contribution is -2.52. The number of methoxy groups -OCH3 is 1. The second-order valence-electron chi connectivity index (χ2n) is 5.96. The highest BCUT2D eigenvalue weighted by Gasteiger charge is 2.38. The summed E-state index contributed by atoms with van der Waals surface area (Å²) in [5.74, 6) is 1.50. The molecule has 2 aliphatic rings. The number of fused-ring (bicyclic) bond motifs is 1. The minimum atomic E-state index is -0.522. The molecule has 8 heteroatoms. The molecule has 0 aliphatic carbocycles. The number of anilines is 1. The molecular weight excluding hydrogens is 428 g/mol. The smallest absolute Gasteiger partial charge is 0.276 e. The number of hydrogen-bond donors (Lipinski definition) is 1. The Bertz CT molecular complexity index is 916. The molecule has 2 heterocycles. The minimum absolute atomic E-state index is 0.0689. The fraction of sp³-hybridized carbons (Fsp3) is 0.158. The number of ether oxygens (including phenoxy) is 1. The van der Waals surface area contributed by atoms with Gasteiger partial charge in [-0.2, -0.15) is 5.10 Å². The van der Waals surface area contributed by atoms with E-state index in [1.165, 1.54) is 0 Å². The van der Waals surface area contributed by atoms with E-state index in [1.54, 1.807) is 30.0 Å². The fourth-order valence-corrected chi connectivity index (χ4v) is 4.02. The first-order valence-electron chi connectivity index (χ1n) is 8.30. The molecule has 2 aromatic carbocycles. The van der Waals surface area contributed by atoms with Gasteiger partial charge in [0.15, 0.2) is 5.17 Å². The monoisotopic (exact) mass is 444 g/mol. The highest BCUT2D eigenvalue weighted by molar-refractivity contribution is 9.10. The van der Waals surface area contributed by atoms with Crippen molar-refractivity contribution in [1.29, 1.82) is 0 Å². The van der Waals surface area contributed by atoms with E-state index in [9.17, 15) is 4.79 Å². The molecule has 0 saturated carbocycles. The summed E-state index contributed by atoms with van der Waals surface area (Å²) in [5.41, 5.74) is 4.90. The minimum Gasteiger partial charge on any atom is -0.497 e. The van der Waals surface area contributed by atoms with E-state index in [4.69, 9.17) is 4.74 Å². The number of thioether (sulfide) groups is 1. The third kappa shape index (κ3) is 3.68. The maximum Gasteiger partial charge on any atom is 0.276 e. The van der Waals surface area contributed by atoms with E-state index in [2.05, 4.69) is 26.5 Å². The van der Waals surface area contributed by atoms with E-state index in [0.29, 0.717) is 0 Å². The Hall–Kier alpha value is -2.45. The Kier molecular flexibility index (Phi) is 5.09. The van der Waals surface area contributed by atoms with Crippen LogP contribution in [-0.2, 0) is 10.5 Å². The number of halogens is 1. The van der Waals surface area contributed by atoms with Crippen LogP contribution < -0.4 is 15.1 Å². The zero-order valence-electron chi connectivity index (χ0n) is 14.5. The van der Waals surface area contributed by atoms with Crippen molar-refractivity contribution in [2.24, 2.45) is 5.10 Å². The highest BCUT2D eigenvalue weighted by atomic mass is 79.9. The van der Waals surface area contributed by atoms with Gasteiger partial charge < -0.3 is 4.74 Å². The number of rotatable bonds is 4. The largest absolute Gasteiger partial charge is 0.497 e. The first-order valence-corrected chi connectivity index (χ1v) is 10.1. The number of carbonyl (C=O) groups excluding carboxylic acids is 1. The van der Waals surface area contributed by atoms with Crippen LogP contribution in [0, 0.1) is 0 Å². The molecule has 27 heavy (non-hydrogen) atoms. The zero-order chi connectivity index (χ0) is 18.8. The van der Waals surface area contributed by atoms with Gasteiger partial charge in [0.05, 0.1) is 7.11 Å². The van der Waals surface area contributed by atoms with Gasteiger partial charge in [-0.25, -0.2) is 0 Å². The van der Waals surface area contributed by atoms with Gasteiger partial charge in [0.2, 0.25) is 6.17 Å². The van der Waals surface area contributed by atoms with Gasteiger partial charge in [-0.1, -0.05) is 39.8 Å². The van der Waals surface area contributed by atoms with Gasteiger partial charge in [0.25, 0.3) is 5.91 Å². The van der Waals surface area contributed by atoms with Gasteiger partial charge in [-0.05, 0) is 42.0 Å². The van der Waals surface area contributed by atoms with Gasteiger partial charge in [0.1, 0.15) is 5.75 Å². The molecular formula is C19H17BrN4O2S. The lowest BCUT2D eigenvalue weighted by molar-refractivity contribution is -0.122. The molecule has 0 fully saturated rings. The molecule has 4 rings (SSSR count). The molecule has 6 nitrogen and oxygen atoms in total. The van der Waals surface area contributed by atoms with Crippen LogP contribution in [0.1, 0.15) is 5.56 Å². The van der Waals surface area contributed by atoms with Crippen molar-refractivity contribution in [1.82, 2.24) is 10.3 Å². The van der Waals surface area contributed by atoms with Gasteiger partial charge in [0, 0.05) is 28.3 Å². The standard InChI is InChI=1S/C19H17BrN4O2S/c1-26-16-4-2-3-13(11-16)12-27-19-22-21-17-18(25)23(9-10-24(17)19)15-7-5-14(20)6-8-15/h2-11,17,21H,12H2,1H3. The number of carbonyl (C=O) groups is 1. The van der Waals surface area contributed by atoms with Gasteiger partial charge in [-0.15, -0.1) is 0 Å². The topological polar surface area (TPSA) is 57.2 Å². The average molecular weight is 445 g/mol. The molecule has 0 spiro atoms. The van der Waals surface area contributed by atoms with Crippen LogP contribution >= 0.6 is 27.7 Å². The third-order valence-electron chi connectivity index (χ3n) is 4.24. The summed E-state index contributed by atoms with van der Waals surface area (Å²) in [6, 6.07) is 15.6. The Morgan fingerprint density at radius 3 is 2.81 bits per heavy atom. The molecule has 0 bridgehead atoms. The molecule has 0 radical (unpaired) electrons. The zero-order valence-corrected chi connectivity index (χ0v) is 16.9. The van der Waals surface area contributed by atoms with E-state index in [-0.39, 0.29) is 5.91 Å². The van der Waals surface area contributed by atoms with Crippen molar-refractivity contribution < 1.29 is 9.53 Å². The van der Waals surface area contributed by atoms with Gasteiger partial charge in [-0.3, -0.25) is 20.0 Å². The number of amidine groups is 1. The van der Waals surface area contributed by atoms with Crippen LogP contribution in [0.3, 0.4) is 0 Å².